The zero-order valence-electron chi connectivity index (χ0n) is 15.5. The molecule has 2 amide bonds. The van der Waals surface area contributed by atoms with Crippen molar-refractivity contribution in [3.8, 4) is 0 Å². The highest BCUT2D eigenvalue weighted by Gasteiger charge is 2.37. The van der Waals surface area contributed by atoms with Gasteiger partial charge in [-0.3, -0.25) is 14.3 Å². The van der Waals surface area contributed by atoms with Crippen LogP contribution >= 0.6 is 11.8 Å². The van der Waals surface area contributed by atoms with Crippen molar-refractivity contribution in [3.63, 3.8) is 0 Å². The van der Waals surface area contributed by atoms with Gasteiger partial charge in [0.2, 0.25) is 11.8 Å². The Kier molecular flexibility index (Phi) is 5.41. The van der Waals surface area contributed by atoms with Gasteiger partial charge in [-0.2, -0.15) is 0 Å². The van der Waals surface area contributed by atoms with Crippen LogP contribution in [0.4, 0.5) is 20.2 Å². The Labute approximate surface area is 175 Å². The minimum absolute atomic E-state index is 0.138. The second-order valence-electron chi connectivity index (χ2n) is 6.91. The van der Waals surface area contributed by atoms with Crippen molar-refractivity contribution in [2.75, 3.05) is 23.1 Å². The molecule has 7 nitrogen and oxygen atoms in total. The van der Waals surface area contributed by atoms with Gasteiger partial charge in [-0.15, -0.1) is 11.8 Å². The van der Waals surface area contributed by atoms with Crippen molar-refractivity contribution in [3.05, 3.63) is 48.0 Å². The van der Waals surface area contributed by atoms with E-state index in [-0.39, 0.29) is 22.2 Å². The summed E-state index contributed by atoms with van der Waals surface area (Å²) in [7, 11) is -4.11. The molecular formula is C19H17F2N3O4S2. The fraction of sp³-hybridized carbons (Fsp3) is 0.263. The van der Waals surface area contributed by atoms with Crippen LogP contribution in [0.3, 0.4) is 0 Å². The Hall–Kier alpha value is -2.66. The summed E-state index contributed by atoms with van der Waals surface area (Å²) in [4.78, 5) is 27.1. The Morgan fingerprint density at radius 3 is 2.53 bits per heavy atom. The maximum atomic E-state index is 13.3. The number of nitrogens with one attached hydrogen (secondary N) is 2. The molecule has 2 aliphatic heterocycles. The van der Waals surface area contributed by atoms with Gasteiger partial charge in [0, 0.05) is 24.1 Å². The summed E-state index contributed by atoms with van der Waals surface area (Å²) in [6.07, 6.45) is 1.82. The van der Waals surface area contributed by atoms with Crippen LogP contribution < -0.4 is 10.0 Å². The number of carbonyl (C=O) groups is 2. The lowest BCUT2D eigenvalue weighted by Gasteiger charge is -2.27. The number of likely N-dealkylation sites (tertiary alicyclic amines) is 1. The first-order valence-corrected chi connectivity index (χ1v) is 11.5. The molecule has 1 saturated heterocycles. The maximum absolute atomic E-state index is 13.3. The molecule has 0 spiro atoms. The number of halogens is 2. The molecule has 0 unspecified atom stereocenters. The predicted octanol–water partition coefficient (Wildman–Crippen LogP) is 2.80. The van der Waals surface area contributed by atoms with Crippen molar-refractivity contribution in [2.45, 2.75) is 27.9 Å². The summed E-state index contributed by atoms with van der Waals surface area (Å²) < 4.78 is 53.8. The lowest BCUT2D eigenvalue weighted by molar-refractivity contribution is -0.133. The van der Waals surface area contributed by atoms with Gasteiger partial charge in [0.15, 0.2) is 16.9 Å². The molecule has 30 heavy (non-hydrogen) atoms. The number of hydrogen-bond donors (Lipinski definition) is 2. The monoisotopic (exact) mass is 453 g/mol. The van der Waals surface area contributed by atoms with Crippen molar-refractivity contribution < 1.29 is 26.8 Å². The number of rotatable bonds is 4. The number of sulfonamides is 1. The maximum Gasteiger partial charge on any atom is 0.261 e. The fourth-order valence-corrected chi connectivity index (χ4v) is 5.42. The van der Waals surface area contributed by atoms with Gasteiger partial charge < -0.3 is 10.2 Å². The van der Waals surface area contributed by atoms with Crippen LogP contribution in [0.2, 0.25) is 0 Å². The molecule has 158 valence electrons. The molecule has 2 aliphatic rings. The molecule has 11 heteroatoms. The molecule has 4 rings (SSSR count). The molecule has 0 radical (unpaired) electrons. The summed E-state index contributed by atoms with van der Waals surface area (Å²) in [5, 5.41) is 1.68. The third-order valence-corrected chi connectivity index (χ3v) is 7.46. The molecule has 2 N–H and O–H groups in total. The van der Waals surface area contributed by atoms with Gasteiger partial charge in [-0.25, -0.2) is 17.2 Å². The first-order chi connectivity index (χ1) is 14.2. The van der Waals surface area contributed by atoms with Crippen molar-refractivity contribution in [1.82, 2.24) is 4.90 Å². The molecule has 2 aromatic carbocycles. The summed E-state index contributed by atoms with van der Waals surface area (Å²) in [6, 6.07) is 6.73. The van der Waals surface area contributed by atoms with Crippen LogP contribution in [0.5, 0.6) is 0 Å². The number of thioether (sulfide) groups is 1. The van der Waals surface area contributed by atoms with Crippen LogP contribution in [0.25, 0.3) is 0 Å². The van der Waals surface area contributed by atoms with Crippen molar-refractivity contribution in [1.29, 1.82) is 0 Å². The number of amides is 2. The molecule has 2 aromatic rings. The molecular weight excluding hydrogens is 436 g/mol. The third-order valence-electron chi connectivity index (χ3n) is 4.82. The predicted molar refractivity (Wildman–Crippen MR) is 108 cm³/mol. The number of nitrogens with zero attached hydrogens (tertiary/aromatic N) is 1. The number of anilines is 2. The van der Waals surface area contributed by atoms with E-state index in [0.717, 1.165) is 42.8 Å². The Balaban J connectivity index is 1.55. The van der Waals surface area contributed by atoms with E-state index in [1.165, 1.54) is 18.2 Å². The van der Waals surface area contributed by atoms with E-state index in [2.05, 4.69) is 10.0 Å². The highest BCUT2D eigenvalue weighted by atomic mass is 32.2. The highest BCUT2D eigenvalue weighted by Crippen LogP contribution is 2.38. The van der Waals surface area contributed by atoms with Crippen LogP contribution in [-0.2, 0) is 19.6 Å². The van der Waals surface area contributed by atoms with Crippen LogP contribution in [0.15, 0.2) is 46.2 Å². The molecule has 0 aliphatic carbocycles. The lowest BCUT2D eigenvalue weighted by Crippen LogP contribution is -2.43. The zero-order valence-corrected chi connectivity index (χ0v) is 17.2. The van der Waals surface area contributed by atoms with Gasteiger partial charge in [-0.05, 0) is 43.2 Å². The van der Waals surface area contributed by atoms with E-state index >= 15 is 0 Å². The van der Waals surface area contributed by atoms with Gasteiger partial charge >= 0.3 is 0 Å². The normalized spacial score (nSPS) is 18.7. The zero-order chi connectivity index (χ0) is 21.5. The third kappa shape index (κ3) is 3.99. The van der Waals surface area contributed by atoms with Gasteiger partial charge in [0.25, 0.3) is 10.0 Å². The van der Waals surface area contributed by atoms with Gasteiger partial charge in [0.05, 0.1) is 16.3 Å². The van der Waals surface area contributed by atoms with Gasteiger partial charge in [-0.1, -0.05) is 0 Å². The fourth-order valence-electron chi connectivity index (χ4n) is 3.30. The molecule has 1 atom stereocenters. The van der Waals surface area contributed by atoms with E-state index in [1.807, 2.05) is 0 Å². The van der Waals surface area contributed by atoms with Crippen molar-refractivity contribution in [2.24, 2.45) is 0 Å². The quantitative estimate of drug-likeness (QED) is 0.695. The Morgan fingerprint density at radius 1 is 1.10 bits per heavy atom. The Bertz CT molecular complexity index is 1130. The highest BCUT2D eigenvalue weighted by molar-refractivity contribution is 8.01. The van der Waals surface area contributed by atoms with Crippen LogP contribution in [0.1, 0.15) is 12.8 Å². The molecule has 2 heterocycles. The van der Waals surface area contributed by atoms with Crippen LogP contribution in [-0.4, -0.2) is 43.5 Å². The standard InChI is InChI=1S/C19H17F2N3O4S2/c20-13-5-3-11(9-14(13)21)23-30(27,28)12-4-6-16-15(10-12)22-18(25)17(29-16)19(26)24-7-1-2-8-24/h3-6,9-10,17,23H,1-2,7-8H2,(H,22,25)/t17-/m1/s1. The lowest BCUT2D eigenvalue weighted by atomic mass is 10.2. The number of fused-ring (bicyclic) bond motifs is 1. The largest absolute Gasteiger partial charge is 0.341 e. The molecule has 0 saturated carbocycles. The summed E-state index contributed by atoms with van der Waals surface area (Å²) in [6.45, 7) is 1.26. The topological polar surface area (TPSA) is 95.6 Å². The summed E-state index contributed by atoms with van der Waals surface area (Å²) in [5.41, 5.74) is 0.130. The van der Waals surface area contributed by atoms with E-state index in [4.69, 9.17) is 0 Å². The molecule has 0 aromatic heterocycles. The second-order valence-corrected chi connectivity index (χ2v) is 9.74. The minimum Gasteiger partial charge on any atom is -0.341 e. The van der Waals surface area contributed by atoms with Gasteiger partial charge in [0.1, 0.15) is 0 Å². The van der Waals surface area contributed by atoms with E-state index < -0.39 is 32.8 Å². The molecule has 0 bridgehead atoms. The summed E-state index contributed by atoms with van der Waals surface area (Å²) in [5.74, 6) is -3.03. The SMILES string of the molecule is O=C1Nc2cc(S(=O)(=O)Nc3ccc(F)c(F)c3)ccc2S[C@H]1C(=O)N1CCCC1. The second kappa shape index (κ2) is 7.88. The first-order valence-electron chi connectivity index (χ1n) is 9.13. The average Bonchev–Trinajstić information content (AvgIpc) is 3.24. The summed E-state index contributed by atoms with van der Waals surface area (Å²) >= 11 is 1.08. The minimum atomic E-state index is -4.11. The van der Waals surface area contributed by atoms with Crippen molar-refractivity contribution >= 4 is 45.0 Å². The number of carbonyl (C=O) groups excluding carboxylic acids is 2. The number of benzene rings is 2. The van der Waals surface area contributed by atoms with Crippen LogP contribution in [0, 0.1) is 11.6 Å². The molecule has 1 fully saturated rings. The smallest absolute Gasteiger partial charge is 0.261 e. The average molecular weight is 453 g/mol. The van der Waals surface area contributed by atoms with E-state index in [0.29, 0.717) is 18.0 Å². The first kappa shape index (κ1) is 20.6. The number of hydrogen-bond acceptors (Lipinski definition) is 5. The Morgan fingerprint density at radius 2 is 1.83 bits per heavy atom. The van der Waals surface area contributed by atoms with E-state index in [9.17, 15) is 26.8 Å². The van der Waals surface area contributed by atoms with E-state index in [1.54, 1.807) is 4.90 Å².